The van der Waals surface area contributed by atoms with Gasteiger partial charge in [0.15, 0.2) is 0 Å². The first-order chi connectivity index (χ1) is 11.1. The van der Waals surface area contributed by atoms with Crippen LogP contribution in [0.25, 0.3) is 0 Å². The average Bonchev–Trinajstić information content (AvgIpc) is 2.56. The van der Waals surface area contributed by atoms with E-state index in [1.807, 2.05) is 18.2 Å². The van der Waals surface area contributed by atoms with Gasteiger partial charge in [0.05, 0.1) is 0 Å². The van der Waals surface area contributed by atoms with Crippen LogP contribution in [0.3, 0.4) is 0 Å². The fourth-order valence-corrected chi connectivity index (χ4v) is 2.88. The molecule has 0 heterocycles. The van der Waals surface area contributed by atoms with E-state index in [9.17, 15) is 0 Å². The molecule has 0 saturated carbocycles. The first-order valence-electron chi connectivity index (χ1n) is 7.77. The molecule has 0 unspecified atom stereocenters. The molecule has 0 radical (unpaired) electrons. The van der Waals surface area contributed by atoms with Gasteiger partial charge in [-0.15, -0.1) is 12.6 Å². The fraction of sp³-hybridized carbons (Fsp3) is 0.333. The minimum absolute atomic E-state index is 0.832. The largest absolute Gasteiger partial charge is 0.382 e. The lowest BCUT2D eigenvalue weighted by atomic mass is 10.2. The Hall–Kier alpha value is -1.46. The molecular weight excluding hydrogens is 322 g/mol. The maximum Gasteiger partial charge on any atom is 0.0476 e. The van der Waals surface area contributed by atoms with E-state index in [0.717, 1.165) is 36.0 Å². The summed E-state index contributed by atoms with van der Waals surface area (Å²) in [7, 11) is 4.11. The molecule has 2 aromatic carbocycles. The first kappa shape index (κ1) is 17.9. The van der Waals surface area contributed by atoms with Crippen molar-refractivity contribution < 1.29 is 0 Å². The minimum Gasteiger partial charge on any atom is -0.382 e. The van der Waals surface area contributed by atoms with Crippen molar-refractivity contribution in [2.24, 2.45) is 0 Å². The van der Waals surface area contributed by atoms with Crippen LogP contribution in [-0.2, 0) is 0 Å². The van der Waals surface area contributed by atoms with E-state index in [1.54, 1.807) is 0 Å². The third-order valence-electron chi connectivity index (χ3n) is 3.70. The Morgan fingerprint density at radius 2 is 1.57 bits per heavy atom. The van der Waals surface area contributed by atoms with Crippen molar-refractivity contribution in [3.8, 4) is 0 Å². The number of rotatable bonds is 8. The molecular formula is C18H25N3S2. The minimum atomic E-state index is 0.832. The van der Waals surface area contributed by atoms with Crippen LogP contribution >= 0.6 is 25.3 Å². The van der Waals surface area contributed by atoms with E-state index >= 15 is 0 Å². The zero-order valence-electron chi connectivity index (χ0n) is 13.7. The maximum absolute atomic E-state index is 4.47. The number of para-hydroxylation sites is 1. The number of thiol groups is 2. The third-order valence-corrected chi connectivity index (χ3v) is 4.29. The molecule has 0 aliphatic carbocycles. The molecule has 0 bridgehead atoms. The van der Waals surface area contributed by atoms with Gasteiger partial charge in [-0.05, 0) is 36.4 Å². The zero-order chi connectivity index (χ0) is 16.7. The number of nitrogens with one attached hydrogen (secondary N) is 1. The van der Waals surface area contributed by atoms with Crippen LogP contribution in [0.2, 0.25) is 0 Å². The van der Waals surface area contributed by atoms with Crippen molar-refractivity contribution >= 4 is 42.3 Å². The van der Waals surface area contributed by atoms with Crippen molar-refractivity contribution in [3.05, 3.63) is 48.5 Å². The Bertz CT molecular complexity index is 599. The van der Waals surface area contributed by atoms with Gasteiger partial charge in [0.2, 0.25) is 0 Å². The summed E-state index contributed by atoms with van der Waals surface area (Å²) in [5, 5.41) is 3.45. The van der Waals surface area contributed by atoms with Gasteiger partial charge in [-0.1, -0.05) is 12.1 Å². The van der Waals surface area contributed by atoms with Crippen LogP contribution in [0.1, 0.15) is 0 Å². The van der Waals surface area contributed by atoms with Crippen molar-refractivity contribution in [1.29, 1.82) is 0 Å². The van der Waals surface area contributed by atoms with E-state index < -0.39 is 0 Å². The van der Waals surface area contributed by atoms with Crippen molar-refractivity contribution in [2.75, 3.05) is 54.6 Å². The Morgan fingerprint density at radius 3 is 2.17 bits per heavy atom. The van der Waals surface area contributed by atoms with E-state index in [-0.39, 0.29) is 0 Å². The van der Waals surface area contributed by atoms with Crippen LogP contribution in [0, 0.1) is 0 Å². The summed E-state index contributed by atoms with van der Waals surface area (Å²) in [5.41, 5.74) is 3.51. The molecule has 0 aliphatic heterocycles. The highest BCUT2D eigenvalue weighted by atomic mass is 32.1. The number of anilines is 3. The number of hydrogen-bond donors (Lipinski definition) is 3. The molecule has 3 nitrogen and oxygen atoms in total. The molecule has 0 fully saturated rings. The molecule has 2 rings (SSSR count). The van der Waals surface area contributed by atoms with Gasteiger partial charge >= 0.3 is 0 Å². The molecule has 0 saturated heterocycles. The highest BCUT2D eigenvalue weighted by Crippen LogP contribution is 2.21. The average molecular weight is 348 g/mol. The third kappa shape index (κ3) is 5.29. The molecule has 0 atom stereocenters. The molecule has 0 amide bonds. The molecule has 0 aliphatic rings. The van der Waals surface area contributed by atoms with E-state index in [1.165, 1.54) is 11.4 Å². The molecule has 124 valence electrons. The summed E-state index contributed by atoms with van der Waals surface area (Å²) in [5.74, 6) is 0.832. The van der Waals surface area contributed by atoms with Crippen molar-refractivity contribution in [3.63, 3.8) is 0 Å². The molecule has 0 aromatic heterocycles. The van der Waals surface area contributed by atoms with Crippen LogP contribution in [-0.4, -0.2) is 39.5 Å². The van der Waals surface area contributed by atoms with E-state index in [0.29, 0.717) is 0 Å². The van der Waals surface area contributed by atoms with Crippen LogP contribution < -0.4 is 15.1 Å². The summed E-state index contributed by atoms with van der Waals surface area (Å²) in [6, 6.07) is 16.7. The maximum atomic E-state index is 4.47. The molecule has 0 spiro atoms. The Morgan fingerprint density at radius 1 is 0.913 bits per heavy atom. The SMILES string of the molecule is CN(C)c1ccc(N(CCS)CCNc2ccccc2S)cc1. The summed E-state index contributed by atoms with van der Waals surface area (Å²) >= 11 is 8.86. The summed E-state index contributed by atoms with van der Waals surface area (Å²) in [6.45, 7) is 2.71. The predicted octanol–water partition coefficient (Wildman–Crippen LogP) is 3.89. The first-order valence-corrected chi connectivity index (χ1v) is 8.85. The summed E-state index contributed by atoms with van der Waals surface area (Å²) in [4.78, 5) is 5.43. The monoisotopic (exact) mass is 347 g/mol. The molecule has 1 N–H and O–H groups in total. The molecule has 23 heavy (non-hydrogen) atoms. The number of hydrogen-bond acceptors (Lipinski definition) is 5. The van der Waals surface area contributed by atoms with Gasteiger partial charge < -0.3 is 15.1 Å². The van der Waals surface area contributed by atoms with Gasteiger partial charge in [-0.2, -0.15) is 12.6 Å². The summed E-state index contributed by atoms with van der Waals surface area (Å²) in [6.07, 6.45) is 0. The quantitative estimate of drug-likeness (QED) is 0.630. The Kier molecular flexibility index (Phi) is 6.99. The normalized spacial score (nSPS) is 10.4. The van der Waals surface area contributed by atoms with E-state index in [2.05, 4.69) is 84.8 Å². The fourth-order valence-electron chi connectivity index (χ4n) is 2.40. The Labute approximate surface area is 150 Å². The molecule has 5 heteroatoms. The second-order valence-electron chi connectivity index (χ2n) is 5.57. The van der Waals surface area contributed by atoms with E-state index in [4.69, 9.17) is 0 Å². The zero-order valence-corrected chi connectivity index (χ0v) is 15.5. The van der Waals surface area contributed by atoms with Gasteiger partial charge in [-0.3, -0.25) is 0 Å². The van der Waals surface area contributed by atoms with Gasteiger partial charge in [0.25, 0.3) is 0 Å². The second-order valence-corrected chi connectivity index (χ2v) is 6.49. The van der Waals surface area contributed by atoms with Crippen LogP contribution in [0.15, 0.2) is 53.4 Å². The van der Waals surface area contributed by atoms with Gasteiger partial charge in [-0.25, -0.2) is 0 Å². The second kappa shape index (κ2) is 8.99. The predicted molar refractivity (Wildman–Crippen MR) is 109 cm³/mol. The lowest BCUT2D eigenvalue weighted by Gasteiger charge is -2.25. The topological polar surface area (TPSA) is 18.5 Å². The molecule has 2 aromatic rings. The highest BCUT2D eigenvalue weighted by Gasteiger charge is 2.06. The lowest BCUT2D eigenvalue weighted by Crippen LogP contribution is -2.30. The van der Waals surface area contributed by atoms with Gasteiger partial charge in [0.1, 0.15) is 0 Å². The van der Waals surface area contributed by atoms with Crippen LogP contribution in [0.4, 0.5) is 17.1 Å². The number of nitrogens with zero attached hydrogens (tertiary/aromatic N) is 2. The Balaban J connectivity index is 1.97. The van der Waals surface area contributed by atoms with Crippen molar-refractivity contribution in [1.82, 2.24) is 0 Å². The summed E-state index contributed by atoms with van der Waals surface area (Å²) < 4.78 is 0. The standard InChI is InChI=1S/C18H25N3S2/c1-20(2)15-7-9-16(10-8-15)21(13-14-22)12-11-19-17-5-3-4-6-18(17)23/h3-10,19,22-23H,11-14H2,1-2H3. The smallest absolute Gasteiger partial charge is 0.0476 e. The van der Waals surface area contributed by atoms with Crippen LogP contribution in [0.5, 0.6) is 0 Å². The lowest BCUT2D eigenvalue weighted by molar-refractivity contribution is 0.840. The van der Waals surface area contributed by atoms with Gasteiger partial charge in [0, 0.05) is 61.4 Å². The van der Waals surface area contributed by atoms with Crippen molar-refractivity contribution in [2.45, 2.75) is 4.90 Å². The highest BCUT2D eigenvalue weighted by molar-refractivity contribution is 7.80. The number of benzene rings is 2.